The lowest BCUT2D eigenvalue weighted by atomic mass is 10.0. The molecule has 0 aliphatic carbocycles. The summed E-state index contributed by atoms with van der Waals surface area (Å²) in [6, 6.07) is 0. The molecule has 0 bridgehead atoms. The molecule has 0 unspecified atom stereocenters. The highest BCUT2D eigenvalue weighted by atomic mass is 16.5. The third-order valence-corrected chi connectivity index (χ3v) is 3.18. The molecule has 0 saturated heterocycles. The van der Waals surface area contributed by atoms with Crippen LogP contribution in [-0.2, 0) is 9.53 Å². The molecule has 0 aromatic heterocycles. The lowest BCUT2D eigenvalue weighted by Crippen LogP contribution is -2.14. The number of unbranched alkanes of at least 4 members (excludes halogenated alkanes) is 7. The number of ether oxygens (including phenoxy) is 1. The van der Waals surface area contributed by atoms with Gasteiger partial charge in [-0.05, 0) is 13.3 Å². The van der Waals surface area contributed by atoms with Gasteiger partial charge in [0.15, 0.2) is 0 Å². The fourth-order valence-electron chi connectivity index (χ4n) is 1.99. The Morgan fingerprint density at radius 3 is 2.00 bits per heavy atom. The maximum absolute atomic E-state index is 11.4. The number of hydrogen-bond acceptors (Lipinski definition) is 2. The average Bonchev–Trinajstić information content (AvgIpc) is 2.32. The van der Waals surface area contributed by atoms with Crippen LogP contribution >= 0.6 is 0 Å². The smallest absolute Gasteiger partial charge is 0.308 e. The summed E-state index contributed by atoms with van der Waals surface area (Å²) < 4.78 is 4.99. The summed E-state index contributed by atoms with van der Waals surface area (Å²) in [5.41, 5.74) is 0. The Balaban J connectivity index is 3.24. The molecule has 0 spiro atoms. The summed E-state index contributed by atoms with van der Waals surface area (Å²) in [6.07, 6.45) is 11.5. The van der Waals surface area contributed by atoms with Crippen molar-refractivity contribution >= 4 is 5.97 Å². The van der Waals surface area contributed by atoms with E-state index in [1.165, 1.54) is 44.9 Å². The zero-order valence-electron chi connectivity index (χ0n) is 12.0. The van der Waals surface area contributed by atoms with Crippen molar-refractivity contribution in [2.75, 3.05) is 6.61 Å². The minimum absolute atomic E-state index is 0.0320. The van der Waals surface area contributed by atoms with Crippen LogP contribution in [0.5, 0.6) is 0 Å². The fourth-order valence-corrected chi connectivity index (χ4v) is 1.99. The molecule has 0 aliphatic heterocycles. The first-order valence-electron chi connectivity index (χ1n) is 7.39. The lowest BCUT2D eigenvalue weighted by molar-refractivity contribution is -0.147. The zero-order chi connectivity index (χ0) is 12.9. The molecule has 0 heterocycles. The van der Waals surface area contributed by atoms with Gasteiger partial charge in [-0.3, -0.25) is 4.79 Å². The van der Waals surface area contributed by atoms with E-state index in [1.807, 2.05) is 13.8 Å². The SMILES string of the molecule is CCCCCCCCCC[C@@H](C)C(=O)OCC. The Kier molecular flexibility index (Phi) is 11.6. The molecule has 0 aromatic rings. The molecule has 0 aromatic carbocycles. The Bertz CT molecular complexity index is 178. The summed E-state index contributed by atoms with van der Waals surface area (Å²) in [5.74, 6) is 0.0467. The van der Waals surface area contributed by atoms with Gasteiger partial charge in [0, 0.05) is 0 Å². The van der Waals surface area contributed by atoms with E-state index in [0.29, 0.717) is 6.61 Å². The van der Waals surface area contributed by atoms with Gasteiger partial charge >= 0.3 is 5.97 Å². The van der Waals surface area contributed by atoms with E-state index in [4.69, 9.17) is 4.74 Å². The topological polar surface area (TPSA) is 26.3 Å². The minimum Gasteiger partial charge on any atom is -0.466 e. The largest absolute Gasteiger partial charge is 0.466 e. The van der Waals surface area contributed by atoms with Crippen molar-refractivity contribution in [2.45, 2.75) is 78.6 Å². The molecular weight excluding hydrogens is 212 g/mol. The van der Waals surface area contributed by atoms with Crippen LogP contribution in [0.3, 0.4) is 0 Å². The van der Waals surface area contributed by atoms with E-state index < -0.39 is 0 Å². The molecule has 0 rings (SSSR count). The fraction of sp³-hybridized carbons (Fsp3) is 0.933. The molecule has 0 N–H and O–H groups in total. The minimum atomic E-state index is -0.0320. The third-order valence-electron chi connectivity index (χ3n) is 3.18. The van der Waals surface area contributed by atoms with Crippen LogP contribution in [0.25, 0.3) is 0 Å². The highest BCUT2D eigenvalue weighted by Crippen LogP contribution is 2.13. The van der Waals surface area contributed by atoms with Crippen LogP contribution in [-0.4, -0.2) is 12.6 Å². The molecule has 1 atom stereocenters. The van der Waals surface area contributed by atoms with Crippen LogP contribution < -0.4 is 0 Å². The van der Waals surface area contributed by atoms with Gasteiger partial charge in [0.1, 0.15) is 0 Å². The number of rotatable bonds is 11. The summed E-state index contributed by atoms with van der Waals surface area (Å²) in [5, 5.41) is 0. The first-order chi connectivity index (χ1) is 8.22. The molecule has 0 aliphatic rings. The summed E-state index contributed by atoms with van der Waals surface area (Å²) >= 11 is 0. The Hall–Kier alpha value is -0.530. The highest BCUT2D eigenvalue weighted by molar-refractivity contribution is 5.71. The summed E-state index contributed by atoms with van der Waals surface area (Å²) in [6.45, 7) is 6.58. The zero-order valence-corrected chi connectivity index (χ0v) is 12.0. The van der Waals surface area contributed by atoms with Crippen molar-refractivity contribution in [3.05, 3.63) is 0 Å². The Labute approximate surface area is 107 Å². The van der Waals surface area contributed by atoms with E-state index >= 15 is 0 Å². The van der Waals surface area contributed by atoms with E-state index in [9.17, 15) is 4.79 Å². The first kappa shape index (κ1) is 16.5. The van der Waals surface area contributed by atoms with E-state index in [-0.39, 0.29) is 11.9 Å². The molecule has 2 heteroatoms. The van der Waals surface area contributed by atoms with Crippen molar-refractivity contribution in [2.24, 2.45) is 5.92 Å². The van der Waals surface area contributed by atoms with Gasteiger partial charge in [0.2, 0.25) is 0 Å². The van der Waals surface area contributed by atoms with Crippen molar-refractivity contribution < 1.29 is 9.53 Å². The second-order valence-corrected chi connectivity index (χ2v) is 4.92. The van der Waals surface area contributed by atoms with Crippen LogP contribution in [0.4, 0.5) is 0 Å². The molecule has 0 amide bonds. The second-order valence-electron chi connectivity index (χ2n) is 4.92. The number of carbonyl (C=O) groups is 1. The maximum Gasteiger partial charge on any atom is 0.308 e. The van der Waals surface area contributed by atoms with Crippen molar-refractivity contribution in [1.29, 1.82) is 0 Å². The highest BCUT2D eigenvalue weighted by Gasteiger charge is 2.12. The molecule has 0 saturated carbocycles. The van der Waals surface area contributed by atoms with E-state index in [0.717, 1.165) is 12.8 Å². The van der Waals surface area contributed by atoms with Crippen LogP contribution in [0.2, 0.25) is 0 Å². The van der Waals surface area contributed by atoms with Crippen molar-refractivity contribution in [3.63, 3.8) is 0 Å². The lowest BCUT2D eigenvalue weighted by Gasteiger charge is -2.09. The molecule has 17 heavy (non-hydrogen) atoms. The molecule has 0 fully saturated rings. The predicted octanol–water partition coefficient (Wildman–Crippen LogP) is 4.72. The number of carbonyl (C=O) groups excluding carboxylic acids is 1. The quantitative estimate of drug-likeness (QED) is 0.387. The van der Waals surface area contributed by atoms with Gasteiger partial charge in [-0.2, -0.15) is 0 Å². The predicted molar refractivity (Wildman–Crippen MR) is 73.0 cm³/mol. The normalized spacial score (nSPS) is 12.4. The standard InChI is InChI=1S/C15H30O2/c1-4-6-7-8-9-10-11-12-13-14(3)15(16)17-5-2/h14H,4-13H2,1-3H3/t14-/m1/s1. The maximum atomic E-state index is 11.4. The van der Waals surface area contributed by atoms with Gasteiger partial charge in [-0.1, -0.05) is 65.2 Å². The van der Waals surface area contributed by atoms with Gasteiger partial charge in [0.05, 0.1) is 12.5 Å². The monoisotopic (exact) mass is 242 g/mol. The van der Waals surface area contributed by atoms with Gasteiger partial charge < -0.3 is 4.74 Å². The second kappa shape index (κ2) is 11.9. The summed E-state index contributed by atoms with van der Waals surface area (Å²) in [4.78, 5) is 11.4. The average molecular weight is 242 g/mol. The van der Waals surface area contributed by atoms with Crippen LogP contribution in [0.15, 0.2) is 0 Å². The first-order valence-corrected chi connectivity index (χ1v) is 7.39. The van der Waals surface area contributed by atoms with Gasteiger partial charge in [0.25, 0.3) is 0 Å². The molecule has 102 valence electrons. The van der Waals surface area contributed by atoms with Gasteiger partial charge in [-0.25, -0.2) is 0 Å². The van der Waals surface area contributed by atoms with Crippen LogP contribution in [0, 0.1) is 5.92 Å². The molecular formula is C15H30O2. The van der Waals surface area contributed by atoms with Crippen molar-refractivity contribution in [3.8, 4) is 0 Å². The Morgan fingerprint density at radius 1 is 0.941 bits per heavy atom. The van der Waals surface area contributed by atoms with Crippen LogP contribution in [0.1, 0.15) is 78.6 Å². The summed E-state index contributed by atoms with van der Waals surface area (Å²) in [7, 11) is 0. The van der Waals surface area contributed by atoms with Crippen molar-refractivity contribution in [1.82, 2.24) is 0 Å². The van der Waals surface area contributed by atoms with E-state index in [2.05, 4.69) is 6.92 Å². The molecule has 2 nitrogen and oxygen atoms in total. The van der Waals surface area contributed by atoms with E-state index in [1.54, 1.807) is 0 Å². The third kappa shape index (κ3) is 10.3. The van der Waals surface area contributed by atoms with Gasteiger partial charge in [-0.15, -0.1) is 0 Å². The molecule has 0 radical (unpaired) electrons. The number of esters is 1. The Morgan fingerprint density at radius 2 is 1.47 bits per heavy atom. The number of hydrogen-bond donors (Lipinski definition) is 0.